The normalized spacial score (nSPS) is 23.5. The number of carbonyl (C=O) groups is 2. The number of nitrogens with two attached hydrogens (primary N) is 1. The average Bonchev–Trinajstić information content (AvgIpc) is 2.86. The second-order valence-corrected chi connectivity index (χ2v) is 4.00. The van der Waals surface area contributed by atoms with E-state index in [2.05, 4.69) is 20.5 Å². The van der Waals surface area contributed by atoms with Crippen molar-refractivity contribution >= 4 is 17.8 Å². The van der Waals surface area contributed by atoms with Crippen LogP contribution in [0.3, 0.4) is 0 Å². The molecule has 1 aliphatic carbocycles. The first-order valence-corrected chi connectivity index (χ1v) is 5.29. The maximum atomic E-state index is 11.7. The number of carboxylic acids is 1. The van der Waals surface area contributed by atoms with Crippen molar-refractivity contribution in [2.45, 2.75) is 25.3 Å². The maximum absolute atomic E-state index is 11.7. The topological polar surface area (TPSA) is 134 Å². The molecule has 0 saturated heterocycles. The van der Waals surface area contributed by atoms with Crippen molar-refractivity contribution in [3.05, 3.63) is 5.82 Å². The lowest BCUT2D eigenvalue weighted by Crippen LogP contribution is -2.40. The number of amides is 1. The van der Waals surface area contributed by atoms with Crippen molar-refractivity contribution in [3.8, 4) is 0 Å². The Bertz CT molecular complexity index is 444. The summed E-state index contributed by atoms with van der Waals surface area (Å²) in [5, 5.41) is 17.5. The molecule has 1 aromatic heterocycles. The van der Waals surface area contributed by atoms with Gasteiger partial charge in [-0.2, -0.15) is 4.98 Å². The van der Waals surface area contributed by atoms with E-state index in [9.17, 15) is 9.59 Å². The van der Waals surface area contributed by atoms with E-state index in [1.54, 1.807) is 0 Å². The van der Waals surface area contributed by atoms with Crippen molar-refractivity contribution in [2.24, 2.45) is 5.92 Å². The number of H-pyrrole nitrogens is 1. The Hall–Kier alpha value is -2.12. The third-order valence-corrected chi connectivity index (χ3v) is 2.87. The Morgan fingerprint density at radius 3 is 2.82 bits per heavy atom. The van der Waals surface area contributed by atoms with E-state index in [0.717, 1.165) is 6.42 Å². The molecule has 0 spiro atoms. The molecule has 5 N–H and O–H groups in total. The van der Waals surface area contributed by atoms with Gasteiger partial charge in [-0.05, 0) is 12.8 Å². The Morgan fingerprint density at radius 1 is 1.47 bits per heavy atom. The number of aromatic amines is 1. The molecule has 2 rings (SSSR count). The van der Waals surface area contributed by atoms with Gasteiger partial charge in [0.15, 0.2) is 0 Å². The van der Waals surface area contributed by atoms with E-state index in [1.807, 2.05) is 0 Å². The molecule has 1 aromatic rings. The van der Waals surface area contributed by atoms with Gasteiger partial charge in [0.25, 0.3) is 5.91 Å². The van der Waals surface area contributed by atoms with Gasteiger partial charge in [0.1, 0.15) is 0 Å². The van der Waals surface area contributed by atoms with E-state index < -0.39 is 17.8 Å². The number of rotatable bonds is 3. The number of carbonyl (C=O) groups excluding carboxylic acids is 1. The smallest absolute Gasteiger partial charge is 0.308 e. The molecule has 1 amide bonds. The van der Waals surface area contributed by atoms with Crippen LogP contribution >= 0.6 is 0 Å². The second kappa shape index (κ2) is 4.40. The molecule has 0 aromatic carbocycles. The fraction of sp³-hybridized carbons (Fsp3) is 0.556. The lowest BCUT2D eigenvalue weighted by atomic mass is 10.0. The minimum atomic E-state index is -0.884. The minimum Gasteiger partial charge on any atom is -0.481 e. The highest BCUT2D eigenvalue weighted by Gasteiger charge is 2.34. The highest BCUT2D eigenvalue weighted by atomic mass is 16.4. The summed E-state index contributed by atoms with van der Waals surface area (Å²) in [6.07, 6.45) is 2.03. The molecule has 2 unspecified atom stereocenters. The van der Waals surface area contributed by atoms with Gasteiger partial charge in [0.05, 0.1) is 5.92 Å². The number of nitrogens with one attached hydrogen (secondary N) is 2. The number of anilines is 1. The number of nitrogen functional groups attached to an aromatic ring is 1. The fourth-order valence-corrected chi connectivity index (χ4v) is 2.04. The van der Waals surface area contributed by atoms with Gasteiger partial charge < -0.3 is 16.2 Å². The van der Waals surface area contributed by atoms with Crippen LogP contribution in [-0.2, 0) is 4.79 Å². The van der Waals surface area contributed by atoms with E-state index in [-0.39, 0.29) is 17.8 Å². The summed E-state index contributed by atoms with van der Waals surface area (Å²) in [7, 11) is 0. The molecule has 1 aliphatic rings. The van der Waals surface area contributed by atoms with Crippen LogP contribution in [0.25, 0.3) is 0 Å². The predicted octanol–water partition coefficient (Wildman–Crippen LogP) is -0.630. The summed E-state index contributed by atoms with van der Waals surface area (Å²) in [5.74, 6) is -1.91. The Labute approximate surface area is 96.6 Å². The van der Waals surface area contributed by atoms with Gasteiger partial charge in [-0.15, -0.1) is 5.10 Å². The van der Waals surface area contributed by atoms with Gasteiger partial charge in [0, 0.05) is 6.04 Å². The van der Waals surface area contributed by atoms with Crippen LogP contribution in [0.2, 0.25) is 0 Å². The Kier molecular flexibility index (Phi) is 2.94. The number of nitrogens with zero attached hydrogens (tertiary/aromatic N) is 2. The number of carboxylic acid groups (broad SMARTS) is 1. The quantitative estimate of drug-likeness (QED) is 0.554. The van der Waals surface area contributed by atoms with Gasteiger partial charge in [0.2, 0.25) is 11.8 Å². The minimum absolute atomic E-state index is 0.00135. The van der Waals surface area contributed by atoms with Crippen molar-refractivity contribution in [1.29, 1.82) is 0 Å². The number of hydrogen-bond acceptors (Lipinski definition) is 5. The van der Waals surface area contributed by atoms with Crippen molar-refractivity contribution in [2.75, 3.05) is 5.73 Å². The SMILES string of the molecule is Nc1n[nH]c(C(=O)NC2CCCC2C(=O)O)n1. The zero-order chi connectivity index (χ0) is 12.4. The van der Waals surface area contributed by atoms with E-state index in [4.69, 9.17) is 10.8 Å². The first-order valence-electron chi connectivity index (χ1n) is 5.29. The molecule has 1 fully saturated rings. The predicted molar refractivity (Wildman–Crippen MR) is 57.0 cm³/mol. The molecule has 92 valence electrons. The first kappa shape index (κ1) is 11.4. The molecule has 8 nitrogen and oxygen atoms in total. The second-order valence-electron chi connectivity index (χ2n) is 4.00. The van der Waals surface area contributed by atoms with Crippen LogP contribution in [0, 0.1) is 5.92 Å². The summed E-state index contributed by atoms with van der Waals surface area (Å²) in [6, 6.07) is -0.355. The molecular weight excluding hydrogens is 226 g/mol. The molecule has 0 radical (unpaired) electrons. The molecule has 1 heterocycles. The van der Waals surface area contributed by atoms with E-state index >= 15 is 0 Å². The van der Waals surface area contributed by atoms with Crippen molar-refractivity contribution < 1.29 is 14.7 Å². The first-order chi connectivity index (χ1) is 8.08. The summed E-state index contributed by atoms with van der Waals surface area (Å²) in [5.41, 5.74) is 5.27. The van der Waals surface area contributed by atoms with E-state index in [0.29, 0.717) is 12.8 Å². The molecule has 0 bridgehead atoms. The zero-order valence-corrected chi connectivity index (χ0v) is 9.01. The van der Waals surface area contributed by atoms with Crippen LogP contribution in [0.4, 0.5) is 5.95 Å². The highest BCUT2D eigenvalue weighted by molar-refractivity contribution is 5.91. The standard InChI is InChI=1S/C9H13N5O3/c10-9-12-6(13-14-9)7(15)11-5-3-1-2-4(5)8(16)17/h4-5H,1-3H2,(H,11,15)(H,16,17)(H3,10,12,13,14). The number of aliphatic carboxylic acids is 1. The lowest BCUT2D eigenvalue weighted by molar-refractivity contribution is -0.142. The zero-order valence-electron chi connectivity index (χ0n) is 9.01. The Balaban J connectivity index is 2.01. The summed E-state index contributed by atoms with van der Waals surface area (Å²) < 4.78 is 0. The largest absolute Gasteiger partial charge is 0.481 e. The van der Waals surface area contributed by atoms with Crippen LogP contribution in [0.15, 0.2) is 0 Å². The third kappa shape index (κ3) is 2.35. The van der Waals surface area contributed by atoms with Crippen LogP contribution < -0.4 is 11.1 Å². The van der Waals surface area contributed by atoms with Crippen LogP contribution in [0.5, 0.6) is 0 Å². The average molecular weight is 239 g/mol. The van der Waals surface area contributed by atoms with Crippen molar-refractivity contribution in [3.63, 3.8) is 0 Å². The summed E-state index contributed by atoms with van der Waals surface area (Å²) in [4.78, 5) is 26.3. The molecular formula is C9H13N5O3. The number of hydrogen-bond donors (Lipinski definition) is 4. The van der Waals surface area contributed by atoms with Crippen LogP contribution in [-0.4, -0.2) is 38.2 Å². The highest BCUT2D eigenvalue weighted by Crippen LogP contribution is 2.25. The van der Waals surface area contributed by atoms with Gasteiger partial charge in [-0.3, -0.25) is 14.7 Å². The van der Waals surface area contributed by atoms with Gasteiger partial charge in [-0.25, -0.2) is 0 Å². The third-order valence-electron chi connectivity index (χ3n) is 2.87. The van der Waals surface area contributed by atoms with Gasteiger partial charge >= 0.3 is 5.97 Å². The van der Waals surface area contributed by atoms with Gasteiger partial charge in [-0.1, -0.05) is 6.42 Å². The molecule has 2 atom stereocenters. The Morgan fingerprint density at radius 2 is 2.24 bits per heavy atom. The van der Waals surface area contributed by atoms with Crippen molar-refractivity contribution in [1.82, 2.24) is 20.5 Å². The molecule has 1 saturated carbocycles. The van der Waals surface area contributed by atoms with E-state index in [1.165, 1.54) is 0 Å². The van der Waals surface area contributed by atoms with Crippen LogP contribution in [0.1, 0.15) is 29.9 Å². The number of aromatic nitrogens is 3. The maximum Gasteiger partial charge on any atom is 0.308 e. The molecule has 8 heteroatoms. The monoisotopic (exact) mass is 239 g/mol. The summed E-state index contributed by atoms with van der Waals surface area (Å²) in [6.45, 7) is 0. The summed E-state index contributed by atoms with van der Waals surface area (Å²) >= 11 is 0. The lowest BCUT2D eigenvalue weighted by Gasteiger charge is -2.16. The molecule has 17 heavy (non-hydrogen) atoms. The fourth-order valence-electron chi connectivity index (χ4n) is 2.04. The molecule has 0 aliphatic heterocycles.